The Morgan fingerprint density at radius 2 is 1.59 bits per heavy atom. The van der Waals surface area contributed by atoms with Crippen LogP contribution in [0.5, 0.6) is 0 Å². The number of aldehydes is 1. The number of allylic oxidation sites excluding steroid dienone is 1. The maximum Gasteiger partial charge on any atom is 0.307 e. The summed E-state index contributed by atoms with van der Waals surface area (Å²) in [7, 11) is 0. The van der Waals surface area contributed by atoms with E-state index in [4.69, 9.17) is 4.74 Å². The van der Waals surface area contributed by atoms with E-state index in [9.17, 15) is 14.4 Å². The van der Waals surface area contributed by atoms with Gasteiger partial charge in [-0.05, 0) is 133 Å². The van der Waals surface area contributed by atoms with Crippen LogP contribution in [0.4, 0.5) is 0 Å². The van der Waals surface area contributed by atoms with E-state index < -0.39 is 5.41 Å². The maximum absolute atomic E-state index is 13.0. The van der Waals surface area contributed by atoms with Crippen molar-refractivity contribution in [1.82, 2.24) is 0 Å². The van der Waals surface area contributed by atoms with Gasteiger partial charge in [-0.25, -0.2) is 0 Å². The quantitative estimate of drug-likeness (QED) is 0.127. The summed E-state index contributed by atoms with van der Waals surface area (Å²) in [6.45, 7) is 22.7. The second kappa shape index (κ2) is 10.0. The van der Waals surface area contributed by atoms with Gasteiger partial charge in [0.1, 0.15) is 12.4 Å². The first-order chi connectivity index (χ1) is 18.9. The molecular formula is C36H55BrO4. The molecule has 0 aromatic heterocycles. The predicted molar refractivity (Wildman–Crippen MR) is 167 cm³/mol. The number of fused-ring (bicyclic) bond motifs is 7. The molecule has 10 atom stereocenters. The summed E-state index contributed by atoms with van der Waals surface area (Å²) in [5.74, 6) is 2.36. The van der Waals surface area contributed by atoms with Gasteiger partial charge in [-0.2, -0.15) is 0 Å². The third kappa shape index (κ3) is 4.42. The average molecular weight is 632 g/mol. The van der Waals surface area contributed by atoms with Crippen LogP contribution in [-0.4, -0.2) is 23.1 Å². The molecule has 0 aromatic rings. The standard InChI is InChI=1S/C36H55BrO4/c1-22(2)23-12-17-36(21-38)19-18-34(8)24(29(23)36)10-11-26-33(7)15-14-27(41-28(39)20-31(3,4)30(37)40)32(5,6)25(33)13-16-35(26,34)9/h21,23-27,29H,1,10-20H2,2-9H3/t23-,24?,25?,26?,27-,29?,33-,34+,35+,36+/m0/s1. The molecule has 0 aliphatic heterocycles. The predicted octanol–water partition coefficient (Wildman–Crippen LogP) is 9.09. The van der Waals surface area contributed by atoms with Crippen molar-refractivity contribution in [2.24, 2.45) is 62.1 Å². The number of ether oxygens (including phenoxy) is 1. The molecule has 0 spiro atoms. The Morgan fingerprint density at radius 3 is 2.20 bits per heavy atom. The summed E-state index contributed by atoms with van der Waals surface area (Å²) in [6.07, 6.45) is 12.5. The van der Waals surface area contributed by atoms with Crippen molar-refractivity contribution >= 4 is 32.9 Å². The first-order valence-corrected chi connectivity index (χ1v) is 17.2. The van der Waals surface area contributed by atoms with Crippen molar-refractivity contribution in [3.8, 4) is 0 Å². The van der Waals surface area contributed by atoms with Gasteiger partial charge in [-0.3, -0.25) is 9.59 Å². The Bertz CT molecular complexity index is 1120. The molecule has 5 saturated carbocycles. The minimum atomic E-state index is -0.769. The van der Waals surface area contributed by atoms with E-state index in [-0.39, 0.29) is 50.3 Å². The molecule has 0 radical (unpaired) electrons. The zero-order chi connectivity index (χ0) is 30.4. The van der Waals surface area contributed by atoms with E-state index in [2.05, 4.69) is 64.1 Å². The van der Waals surface area contributed by atoms with Crippen LogP contribution in [0.2, 0.25) is 0 Å². The number of esters is 1. The number of hydrogen-bond acceptors (Lipinski definition) is 4. The van der Waals surface area contributed by atoms with Gasteiger partial charge in [-0.1, -0.05) is 60.6 Å². The molecule has 5 aliphatic carbocycles. The Morgan fingerprint density at radius 1 is 0.902 bits per heavy atom. The number of rotatable bonds is 6. The molecule has 41 heavy (non-hydrogen) atoms. The van der Waals surface area contributed by atoms with Gasteiger partial charge < -0.3 is 9.53 Å². The lowest BCUT2D eigenvalue weighted by Gasteiger charge is -2.72. The minimum absolute atomic E-state index is 0.0979. The van der Waals surface area contributed by atoms with E-state index in [1.807, 2.05) is 0 Å². The zero-order valence-electron chi connectivity index (χ0n) is 27.0. The lowest BCUT2D eigenvalue weighted by atomic mass is 9.32. The van der Waals surface area contributed by atoms with E-state index >= 15 is 0 Å². The van der Waals surface area contributed by atoms with Crippen molar-refractivity contribution in [2.75, 3.05) is 0 Å². The molecule has 0 aromatic carbocycles. The second-order valence-corrected chi connectivity index (χ2v) is 17.9. The third-order valence-corrected chi connectivity index (χ3v) is 15.8. The fourth-order valence-electron chi connectivity index (χ4n) is 12.2. The van der Waals surface area contributed by atoms with Gasteiger partial charge in [0.05, 0.1) is 6.42 Å². The van der Waals surface area contributed by atoms with Crippen LogP contribution < -0.4 is 0 Å². The van der Waals surface area contributed by atoms with E-state index in [0.29, 0.717) is 29.6 Å². The van der Waals surface area contributed by atoms with E-state index in [1.54, 1.807) is 13.8 Å². The Kier molecular flexibility index (Phi) is 7.69. The highest BCUT2D eigenvalue weighted by Gasteiger charge is 2.71. The smallest absolute Gasteiger partial charge is 0.307 e. The SMILES string of the molecule is C=C(C)[C@@H]1CC[C@]2(C=O)CC[C@]3(C)C(CCC4[C@@]5(C)CC[C@H](OC(=O)CC(C)(C)C(=O)Br)C(C)(C)C5CC[C@]43C)C12. The molecule has 5 rings (SSSR count). The summed E-state index contributed by atoms with van der Waals surface area (Å²) in [6, 6.07) is 0. The minimum Gasteiger partial charge on any atom is -0.462 e. The van der Waals surface area contributed by atoms with Gasteiger partial charge in [-0.15, -0.1) is 0 Å². The fraction of sp³-hybridized carbons (Fsp3) is 0.861. The highest BCUT2D eigenvalue weighted by molar-refractivity contribution is 9.18. The molecule has 5 aliphatic rings. The molecule has 4 unspecified atom stereocenters. The summed E-state index contributed by atoms with van der Waals surface area (Å²) in [4.78, 5) is 37.7. The maximum atomic E-state index is 13.0. The highest BCUT2D eigenvalue weighted by Crippen LogP contribution is 2.77. The zero-order valence-corrected chi connectivity index (χ0v) is 28.6. The second-order valence-electron chi connectivity index (χ2n) is 17.2. The van der Waals surface area contributed by atoms with Gasteiger partial charge in [0.25, 0.3) is 0 Å². The van der Waals surface area contributed by atoms with E-state index in [0.717, 1.165) is 44.9 Å². The topological polar surface area (TPSA) is 60.4 Å². The van der Waals surface area contributed by atoms with Gasteiger partial charge >= 0.3 is 5.97 Å². The molecule has 0 saturated heterocycles. The molecule has 0 N–H and O–H groups in total. The number of halogens is 1. The van der Waals surface area contributed by atoms with Crippen LogP contribution >= 0.6 is 15.9 Å². The molecule has 230 valence electrons. The monoisotopic (exact) mass is 630 g/mol. The summed E-state index contributed by atoms with van der Waals surface area (Å²) in [5, 5.41) is 0. The first kappa shape index (κ1) is 31.5. The third-order valence-electron chi connectivity index (χ3n) is 14.7. The molecule has 0 heterocycles. The summed E-state index contributed by atoms with van der Waals surface area (Å²) >= 11 is 3.05. The van der Waals surface area contributed by atoms with E-state index in [1.165, 1.54) is 31.1 Å². The fourth-order valence-corrected chi connectivity index (χ4v) is 12.4. The van der Waals surface area contributed by atoms with Crippen LogP contribution in [0.3, 0.4) is 0 Å². The molecule has 0 bridgehead atoms. The Hall–Kier alpha value is -0.970. The van der Waals surface area contributed by atoms with Crippen LogP contribution in [0.25, 0.3) is 0 Å². The van der Waals surface area contributed by atoms with Crippen molar-refractivity contribution < 1.29 is 19.1 Å². The largest absolute Gasteiger partial charge is 0.462 e. The summed E-state index contributed by atoms with van der Waals surface area (Å²) < 4.78 is 6.05. The van der Waals surface area contributed by atoms with Crippen molar-refractivity contribution in [3.05, 3.63) is 12.2 Å². The number of carbonyl (C=O) groups excluding carboxylic acids is 3. The van der Waals surface area contributed by atoms with Gasteiger partial charge in [0.2, 0.25) is 4.69 Å². The van der Waals surface area contributed by atoms with Crippen molar-refractivity contribution in [2.45, 2.75) is 132 Å². The lowest BCUT2D eigenvalue weighted by molar-refractivity contribution is -0.248. The first-order valence-electron chi connectivity index (χ1n) is 16.4. The molecule has 4 nitrogen and oxygen atoms in total. The van der Waals surface area contributed by atoms with Gasteiger partial charge in [0, 0.05) is 16.2 Å². The Labute approximate surface area is 257 Å². The number of carbonyl (C=O) groups is 3. The molecule has 5 heteroatoms. The Balaban J connectivity index is 1.41. The van der Waals surface area contributed by atoms with Gasteiger partial charge in [0.15, 0.2) is 0 Å². The van der Waals surface area contributed by atoms with Crippen LogP contribution in [0, 0.1) is 62.1 Å². The summed E-state index contributed by atoms with van der Waals surface area (Å²) in [5.41, 5.74) is 0.898. The van der Waals surface area contributed by atoms with Crippen LogP contribution in [-0.2, 0) is 19.1 Å². The van der Waals surface area contributed by atoms with Crippen molar-refractivity contribution in [3.63, 3.8) is 0 Å². The van der Waals surface area contributed by atoms with Crippen molar-refractivity contribution in [1.29, 1.82) is 0 Å². The molecular weight excluding hydrogens is 576 g/mol. The normalized spacial score (nSPS) is 46.8. The van der Waals surface area contributed by atoms with Crippen LogP contribution in [0.15, 0.2) is 12.2 Å². The number of hydrogen-bond donors (Lipinski definition) is 0. The lowest BCUT2D eigenvalue weighted by Crippen LogP contribution is -2.67. The molecule has 5 fully saturated rings. The average Bonchev–Trinajstić information content (AvgIpc) is 3.26. The molecule has 0 amide bonds. The van der Waals surface area contributed by atoms with Crippen LogP contribution in [0.1, 0.15) is 126 Å². The highest BCUT2D eigenvalue weighted by atomic mass is 79.9.